The van der Waals surface area contributed by atoms with Gasteiger partial charge in [0.2, 0.25) is 5.16 Å². The number of esters is 1. The molecular weight excluding hydrogens is 559 g/mol. The third-order valence-corrected chi connectivity index (χ3v) is 8.57. The number of alkyl halides is 3. The number of benzene rings is 2. The van der Waals surface area contributed by atoms with Crippen LogP contribution in [0.4, 0.5) is 13.2 Å². The predicted octanol–water partition coefficient (Wildman–Crippen LogP) is 4.40. The second kappa shape index (κ2) is 11.1. The Morgan fingerprint density at radius 2 is 1.77 bits per heavy atom. The summed E-state index contributed by atoms with van der Waals surface area (Å²) in [5.74, 6) is -1.03. The lowest BCUT2D eigenvalue weighted by Crippen LogP contribution is -2.20. The molecule has 1 atom stereocenters. The zero-order valence-electron chi connectivity index (χ0n) is 20.6. The van der Waals surface area contributed by atoms with E-state index in [2.05, 4.69) is 9.97 Å². The van der Waals surface area contributed by atoms with E-state index in [-0.39, 0.29) is 56.0 Å². The summed E-state index contributed by atoms with van der Waals surface area (Å²) in [6.07, 6.45) is -3.33. The van der Waals surface area contributed by atoms with Crippen LogP contribution in [0.5, 0.6) is 5.75 Å². The van der Waals surface area contributed by atoms with E-state index in [1.54, 1.807) is 25.1 Å². The number of halogens is 3. The highest BCUT2D eigenvalue weighted by atomic mass is 32.2. The molecule has 0 saturated carbocycles. The maximum atomic E-state index is 13.7. The van der Waals surface area contributed by atoms with Crippen LogP contribution in [0, 0.1) is 6.92 Å². The summed E-state index contributed by atoms with van der Waals surface area (Å²) in [5.41, 5.74) is 0.976. The van der Waals surface area contributed by atoms with Crippen LogP contribution in [0.25, 0.3) is 11.0 Å². The van der Waals surface area contributed by atoms with Gasteiger partial charge in [-0.25, -0.2) is 22.2 Å². The minimum absolute atomic E-state index is 0.0860. The molecule has 2 heterocycles. The summed E-state index contributed by atoms with van der Waals surface area (Å²) in [6.45, 7) is 1.76. The van der Waals surface area contributed by atoms with Gasteiger partial charge >= 0.3 is 12.1 Å². The van der Waals surface area contributed by atoms with Gasteiger partial charge < -0.3 is 9.47 Å². The molecule has 0 amide bonds. The number of imidazole rings is 1. The van der Waals surface area contributed by atoms with Gasteiger partial charge in [-0.05, 0) is 56.3 Å². The van der Waals surface area contributed by atoms with Crippen molar-refractivity contribution in [3.63, 3.8) is 0 Å². The average Bonchev–Trinajstić information content (AvgIpc) is 3.30. The molecule has 4 rings (SSSR count). The first-order valence-corrected chi connectivity index (χ1v) is 14.2. The third-order valence-electron chi connectivity index (χ3n) is 5.52. The molecule has 0 fully saturated rings. The van der Waals surface area contributed by atoms with Crippen LogP contribution in [-0.2, 0) is 31.3 Å². The highest BCUT2D eigenvalue weighted by Crippen LogP contribution is 2.28. The summed E-state index contributed by atoms with van der Waals surface area (Å²) in [6, 6.07) is 12.6. The van der Waals surface area contributed by atoms with Crippen LogP contribution in [0.1, 0.15) is 28.5 Å². The zero-order chi connectivity index (χ0) is 28.4. The normalized spacial score (nSPS) is 12.8. The van der Waals surface area contributed by atoms with Gasteiger partial charge in [-0.3, -0.25) is 9.19 Å². The Kier molecular flexibility index (Phi) is 8.07. The summed E-state index contributed by atoms with van der Waals surface area (Å²) < 4.78 is 89.4. The number of hydrogen-bond acceptors (Lipinski definition) is 8. The maximum absolute atomic E-state index is 13.7. The van der Waals surface area contributed by atoms with Crippen molar-refractivity contribution in [2.24, 2.45) is 0 Å². The van der Waals surface area contributed by atoms with Crippen molar-refractivity contribution >= 4 is 37.8 Å². The molecule has 0 aliphatic heterocycles. The molecule has 0 aliphatic rings. The molecule has 1 unspecified atom stereocenters. The second-order valence-electron chi connectivity index (χ2n) is 8.17. The smallest absolute Gasteiger partial charge is 0.422 e. The molecule has 14 heteroatoms. The molecule has 0 saturated heterocycles. The van der Waals surface area contributed by atoms with Crippen LogP contribution in [-0.4, -0.2) is 51.9 Å². The van der Waals surface area contributed by atoms with Gasteiger partial charge in [-0.2, -0.15) is 13.2 Å². The molecule has 206 valence electrons. The maximum Gasteiger partial charge on any atom is 0.422 e. The van der Waals surface area contributed by atoms with E-state index >= 15 is 0 Å². The summed E-state index contributed by atoms with van der Waals surface area (Å²) >= 11 is 0. The Balaban J connectivity index is 1.72. The Labute approximate surface area is 224 Å². The van der Waals surface area contributed by atoms with Crippen molar-refractivity contribution in [2.45, 2.75) is 35.8 Å². The molecule has 0 radical (unpaired) electrons. The number of carbonyl (C=O) groups is 1. The number of pyridine rings is 1. The van der Waals surface area contributed by atoms with Gasteiger partial charge in [0.05, 0.1) is 50.3 Å². The van der Waals surface area contributed by atoms with Gasteiger partial charge in [-0.15, -0.1) is 0 Å². The van der Waals surface area contributed by atoms with Crippen molar-refractivity contribution in [1.82, 2.24) is 13.9 Å². The van der Waals surface area contributed by atoms with E-state index in [1.165, 1.54) is 49.5 Å². The van der Waals surface area contributed by atoms with Gasteiger partial charge in [0.1, 0.15) is 5.75 Å². The Hall–Kier alpha value is -3.78. The number of fused-ring (bicyclic) bond motifs is 1. The molecule has 0 bridgehead atoms. The van der Waals surface area contributed by atoms with Gasteiger partial charge in [0, 0.05) is 11.8 Å². The monoisotopic (exact) mass is 581 g/mol. The van der Waals surface area contributed by atoms with Crippen molar-refractivity contribution < 1.29 is 40.1 Å². The second-order valence-corrected chi connectivity index (χ2v) is 11.3. The molecular formula is C25H22F3N3O6S2. The van der Waals surface area contributed by atoms with E-state index in [4.69, 9.17) is 9.47 Å². The van der Waals surface area contributed by atoms with Crippen molar-refractivity contribution in [2.75, 3.05) is 13.2 Å². The number of para-hydroxylation sites is 2. The van der Waals surface area contributed by atoms with Crippen LogP contribution in [0.2, 0.25) is 0 Å². The number of carbonyl (C=O) groups excluding carboxylic acids is 1. The molecule has 0 N–H and O–H groups in total. The Morgan fingerprint density at radius 3 is 2.44 bits per heavy atom. The van der Waals surface area contributed by atoms with Gasteiger partial charge in [-0.1, -0.05) is 12.1 Å². The van der Waals surface area contributed by atoms with E-state index in [9.17, 15) is 30.6 Å². The van der Waals surface area contributed by atoms with Crippen LogP contribution in [0.15, 0.2) is 70.8 Å². The van der Waals surface area contributed by atoms with Crippen molar-refractivity contribution in [3.05, 3.63) is 77.6 Å². The summed E-state index contributed by atoms with van der Waals surface area (Å²) in [5, 5.41) is -0.298. The summed E-state index contributed by atoms with van der Waals surface area (Å²) in [4.78, 5) is 20.2. The molecule has 39 heavy (non-hydrogen) atoms. The molecule has 4 aromatic rings. The fourth-order valence-corrected chi connectivity index (χ4v) is 6.70. The number of nitrogens with zero attached hydrogens (tertiary/aromatic N) is 3. The molecule has 0 spiro atoms. The summed E-state index contributed by atoms with van der Waals surface area (Å²) in [7, 11) is -6.44. The molecule has 2 aromatic carbocycles. The lowest BCUT2D eigenvalue weighted by molar-refractivity contribution is -0.153. The average molecular weight is 582 g/mol. The minimum atomic E-state index is -4.55. The zero-order valence-corrected chi connectivity index (χ0v) is 22.3. The van der Waals surface area contributed by atoms with Crippen LogP contribution < -0.4 is 4.74 Å². The van der Waals surface area contributed by atoms with Crippen molar-refractivity contribution in [1.29, 1.82) is 0 Å². The van der Waals surface area contributed by atoms with E-state index < -0.39 is 39.6 Å². The fourth-order valence-electron chi connectivity index (χ4n) is 3.65. The minimum Gasteiger partial charge on any atom is -0.484 e. The van der Waals surface area contributed by atoms with Crippen molar-refractivity contribution in [3.8, 4) is 5.75 Å². The highest BCUT2D eigenvalue weighted by Gasteiger charge is 2.30. The molecule has 9 nitrogen and oxygen atoms in total. The first kappa shape index (κ1) is 28.2. The Bertz CT molecular complexity index is 1650. The number of hydrogen-bond donors (Lipinski definition) is 0. The highest BCUT2D eigenvalue weighted by molar-refractivity contribution is 7.91. The largest absolute Gasteiger partial charge is 0.484 e. The van der Waals surface area contributed by atoms with E-state index in [0.29, 0.717) is 0 Å². The lowest BCUT2D eigenvalue weighted by atomic mass is 10.2. The quantitative estimate of drug-likeness (QED) is 0.267. The number of rotatable bonds is 9. The first-order chi connectivity index (χ1) is 18.4. The fraction of sp³-hybridized carbons (Fsp3) is 0.240. The Morgan fingerprint density at radius 1 is 1.08 bits per heavy atom. The molecule has 2 aromatic heterocycles. The van der Waals surface area contributed by atoms with Crippen LogP contribution >= 0.6 is 0 Å². The topological polar surface area (TPSA) is 117 Å². The SMILES string of the molecule is CCOC(=O)c1ccc(S(=O)(=O)n2c(S(=O)Cc3nccc(OCC(F)(F)F)c3C)nc3ccccc32)cc1. The number of ether oxygens (including phenoxy) is 2. The standard InChI is InChI=1S/C25H22F3N3O6S2/c1-3-36-23(32)17-8-10-18(11-9-17)39(34,35)31-21-7-5-4-6-19(21)30-24(31)38(33)14-20-16(2)22(12-13-29-20)37-15-25(26,27)28/h4-13H,3,14-15H2,1-2H3. The lowest BCUT2D eigenvalue weighted by Gasteiger charge is -2.14. The molecule has 0 aliphatic carbocycles. The van der Waals surface area contributed by atoms with Gasteiger partial charge in [0.25, 0.3) is 10.0 Å². The first-order valence-electron chi connectivity index (χ1n) is 11.4. The third kappa shape index (κ3) is 6.11. The van der Waals surface area contributed by atoms with Gasteiger partial charge in [0.15, 0.2) is 6.61 Å². The van der Waals surface area contributed by atoms with E-state index in [0.717, 1.165) is 3.97 Å². The number of aromatic nitrogens is 3. The van der Waals surface area contributed by atoms with E-state index in [1.807, 2.05) is 0 Å². The predicted molar refractivity (Wildman–Crippen MR) is 135 cm³/mol. The van der Waals surface area contributed by atoms with Crippen LogP contribution in [0.3, 0.4) is 0 Å².